The van der Waals surface area contributed by atoms with Crippen LogP contribution in [0.25, 0.3) is 0 Å². The molecular weight excluding hydrogens is 264 g/mol. The van der Waals surface area contributed by atoms with Crippen molar-refractivity contribution in [2.75, 3.05) is 17.2 Å². The molecule has 20 heavy (non-hydrogen) atoms. The lowest BCUT2D eigenvalue weighted by molar-refractivity contribution is -0.385. The van der Waals surface area contributed by atoms with Gasteiger partial charge in [0, 0.05) is 6.54 Å². The first-order chi connectivity index (χ1) is 9.41. The van der Waals surface area contributed by atoms with Gasteiger partial charge in [0.25, 0.3) is 0 Å². The van der Waals surface area contributed by atoms with Crippen molar-refractivity contribution in [2.24, 2.45) is 5.73 Å². The standard InChI is InChI=1S/C11H16N6O3/c1-6-8(17(19)20)10(15-11(13)14-6)16-5-3-2-4-7(16)9(12)18/h7H,2-5H2,1H3,(H2,12,18)(H2,13,14,15). The van der Waals surface area contributed by atoms with Crippen molar-refractivity contribution in [1.82, 2.24) is 9.97 Å². The van der Waals surface area contributed by atoms with Crippen LogP contribution in [0.15, 0.2) is 0 Å². The van der Waals surface area contributed by atoms with Gasteiger partial charge in [-0.1, -0.05) is 0 Å². The summed E-state index contributed by atoms with van der Waals surface area (Å²) in [7, 11) is 0. The van der Waals surface area contributed by atoms with Gasteiger partial charge in [0.15, 0.2) is 0 Å². The van der Waals surface area contributed by atoms with Gasteiger partial charge in [0.1, 0.15) is 11.7 Å². The third kappa shape index (κ3) is 2.46. The maximum atomic E-state index is 11.5. The van der Waals surface area contributed by atoms with Crippen LogP contribution in [0.4, 0.5) is 17.5 Å². The second-order valence-corrected chi connectivity index (χ2v) is 4.70. The quantitative estimate of drug-likeness (QED) is 0.591. The van der Waals surface area contributed by atoms with Crippen LogP contribution in [-0.2, 0) is 4.79 Å². The molecule has 1 aliphatic heterocycles. The Balaban J connectivity index is 2.54. The minimum absolute atomic E-state index is 0.0584. The fourth-order valence-corrected chi connectivity index (χ4v) is 2.47. The van der Waals surface area contributed by atoms with Crippen LogP contribution in [0.5, 0.6) is 0 Å². The van der Waals surface area contributed by atoms with Gasteiger partial charge in [-0.15, -0.1) is 0 Å². The van der Waals surface area contributed by atoms with Crippen molar-refractivity contribution in [3.8, 4) is 0 Å². The Labute approximate surface area is 115 Å². The number of nitrogens with two attached hydrogens (primary N) is 2. The lowest BCUT2D eigenvalue weighted by Crippen LogP contribution is -2.48. The molecule has 0 spiro atoms. The van der Waals surface area contributed by atoms with E-state index in [1.165, 1.54) is 6.92 Å². The van der Waals surface area contributed by atoms with E-state index in [1.807, 2.05) is 0 Å². The number of primary amides is 1. The highest BCUT2D eigenvalue weighted by molar-refractivity contribution is 5.84. The van der Waals surface area contributed by atoms with Crippen molar-refractivity contribution in [3.63, 3.8) is 0 Å². The number of rotatable bonds is 3. The highest BCUT2D eigenvalue weighted by Gasteiger charge is 2.34. The number of nitrogen functional groups attached to an aromatic ring is 1. The van der Waals surface area contributed by atoms with Crippen LogP contribution < -0.4 is 16.4 Å². The Bertz CT molecular complexity index is 561. The van der Waals surface area contributed by atoms with Gasteiger partial charge in [-0.25, -0.2) is 4.98 Å². The Hall–Kier alpha value is -2.45. The molecule has 2 heterocycles. The summed E-state index contributed by atoms with van der Waals surface area (Å²) in [4.78, 5) is 31.5. The molecule has 0 saturated carbocycles. The lowest BCUT2D eigenvalue weighted by atomic mass is 10.0. The van der Waals surface area contributed by atoms with E-state index < -0.39 is 16.9 Å². The first-order valence-corrected chi connectivity index (χ1v) is 6.26. The number of piperidine rings is 1. The summed E-state index contributed by atoms with van der Waals surface area (Å²) < 4.78 is 0. The Morgan fingerprint density at radius 2 is 2.15 bits per heavy atom. The monoisotopic (exact) mass is 280 g/mol. The first-order valence-electron chi connectivity index (χ1n) is 6.26. The summed E-state index contributed by atoms with van der Waals surface area (Å²) >= 11 is 0. The van der Waals surface area contributed by atoms with Crippen molar-refractivity contribution in [3.05, 3.63) is 15.8 Å². The third-order valence-corrected chi connectivity index (χ3v) is 3.34. The third-order valence-electron chi connectivity index (χ3n) is 3.34. The Morgan fingerprint density at radius 1 is 1.45 bits per heavy atom. The second-order valence-electron chi connectivity index (χ2n) is 4.70. The predicted octanol–water partition coefficient (Wildman–Crippen LogP) is 0.120. The summed E-state index contributed by atoms with van der Waals surface area (Å²) in [5.74, 6) is -0.505. The molecule has 1 atom stereocenters. The normalized spacial score (nSPS) is 18.9. The first kappa shape index (κ1) is 14.0. The number of aryl methyl sites for hydroxylation is 1. The lowest BCUT2D eigenvalue weighted by Gasteiger charge is -2.34. The molecule has 1 amide bonds. The van der Waals surface area contributed by atoms with E-state index in [0.717, 1.165) is 12.8 Å². The number of amides is 1. The molecule has 1 aromatic rings. The van der Waals surface area contributed by atoms with Crippen LogP contribution in [0.1, 0.15) is 25.0 Å². The topological polar surface area (TPSA) is 141 Å². The van der Waals surface area contributed by atoms with E-state index in [2.05, 4.69) is 9.97 Å². The number of hydrogen-bond donors (Lipinski definition) is 2. The van der Waals surface area contributed by atoms with E-state index in [4.69, 9.17) is 11.5 Å². The molecule has 108 valence electrons. The SMILES string of the molecule is Cc1nc(N)nc(N2CCCCC2C(N)=O)c1[N+](=O)[O-]. The van der Waals surface area contributed by atoms with Gasteiger partial charge in [-0.05, 0) is 26.2 Å². The van der Waals surface area contributed by atoms with Crippen LogP contribution in [-0.4, -0.2) is 33.4 Å². The molecule has 0 bridgehead atoms. The Kier molecular flexibility index (Phi) is 3.68. The van der Waals surface area contributed by atoms with Gasteiger partial charge in [0.2, 0.25) is 17.7 Å². The summed E-state index contributed by atoms with van der Waals surface area (Å²) in [5, 5.41) is 11.2. The molecule has 9 heteroatoms. The number of hydrogen-bond acceptors (Lipinski definition) is 7. The van der Waals surface area contributed by atoms with Crippen molar-refractivity contribution in [1.29, 1.82) is 0 Å². The maximum absolute atomic E-state index is 11.5. The molecule has 1 fully saturated rings. The number of nitrogens with zero attached hydrogens (tertiary/aromatic N) is 4. The molecule has 2 rings (SSSR count). The smallest absolute Gasteiger partial charge is 0.332 e. The fourth-order valence-electron chi connectivity index (χ4n) is 2.47. The number of carbonyl (C=O) groups excluding carboxylic acids is 1. The molecule has 0 aliphatic carbocycles. The summed E-state index contributed by atoms with van der Waals surface area (Å²) in [5.41, 5.74) is 10.9. The van der Waals surface area contributed by atoms with Crippen molar-refractivity contribution < 1.29 is 9.72 Å². The van der Waals surface area contributed by atoms with Crippen molar-refractivity contribution >= 4 is 23.4 Å². The minimum atomic E-state index is -0.601. The average molecular weight is 280 g/mol. The zero-order chi connectivity index (χ0) is 14.9. The van der Waals surface area contributed by atoms with Crippen LogP contribution >= 0.6 is 0 Å². The Morgan fingerprint density at radius 3 is 2.75 bits per heavy atom. The zero-order valence-corrected chi connectivity index (χ0v) is 11.1. The van der Waals surface area contributed by atoms with E-state index in [9.17, 15) is 14.9 Å². The van der Waals surface area contributed by atoms with Gasteiger partial charge in [-0.3, -0.25) is 14.9 Å². The van der Waals surface area contributed by atoms with Gasteiger partial charge in [-0.2, -0.15) is 4.98 Å². The number of aromatic nitrogens is 2. The van der Waals surface area contributed by atoms with Gasteiger partial charge >= 0.3 is 5.69 Å². The molecule has 9 nitrogen and oxygen atoms in total. The van der Waals surface area contributed by atoms with Gasteiger partial charge < -0.3 is 16.4 Å². The van der Waals surface area contributed by atoms with E-state index >= 15 is 0 Å². The number of nitro groups is 1. The molecule has 1 unspecified atom stereocenters. The van der Waals surface area contributed by atoms with Crippen LogP contribution in [0.3, 0.4) is 0 Å². The summed E-state index contributed by atoms with van der Waals surface area (Å²) in [6, 6.07) is -0.601. The van der Waals surface area contributed by atoms with Crippen molar-refractivity contribution in [2.45, 2.75) is 32.2 Å². The summed E-state index contributed by atoms with van der Waals surface area (Å²) in [6.07, 6.45) is 2.21. The molecule has 1 aliphatic rings. The van der Waals surface area contributed by atoms with E-state index in [-0.39, 0.29) is 23.1 Å². The molecule has 1 aromatic heterocycles. The second kappa shape index (κ2) is 5.27. The zero-order valence-electron chi connectivity index (χ0n) is 11.1. The minimum Gasteiger partial charge on any atom is -0.368 e. The average Bonchev–Trinajstić information content (AvgIpc) is 2.37. The number of anilines is 2. The molecule has 1 saturated heterocycles. The molecular formula is C11H16N6O3. The van der Waals surface area contributed by atoms with E-state index in [1.54, 1.807) is 4.90 Å². The highest BCUT2D eigenvalue weighted by atomic mass is 16.6. The summed E-state index contributed by atoms with van der Waals surface area (Å²) in [6.45, 7) is 1.97. The van der Waals surface area contributed by atoms with Gasteiger partial charge in [0.05, 0.1) is 4.92 Å². The molecule has 4 N–H and O–H groups in total. The molecule has 0 radical (unpaired) electrons. The predicted molar refractivity (Wildman–Crippen MR) is 72.0 cm³/mol. The maximum Gasteiger partial charge on any atom is 0.332 e. The van der Waals surface area contributed by atoms with Crippen LogP contribution in [0.2, 0.25) is 0 Å². The largest absolute Gasteiger partial charge is 0.368 e. The number of carbonyl (C=O) groups is 1. The van der Waals surface area contributed by atoms with E-state index in [0.29, 0.717) is 13.0 Å². The van der Waals surface area contributed by atoms with Crippen LogP contribution in [0, 0.1) is 17.0 Å². The fraction of sp³-hybridized carbons (Fsp3) is 0.545. The highest BCUT2D eigenvalue weighted by Crippen LogP contribution is 2.33. The molecule has 0 aromatic carbocycles.